The van der Waals surface area contributed by atoms with Gasteiger partial charge in [0.15, 0.2) is 5.78 Å². The van der Waals surface area contributed by atoms with Gasteiger partial charge < -0.3 is 15.0 Å². The maximum Gasteiger partial charge on any atom is 0.321 e. The molecule has 2 rings (SSSR count). The molecule has 1 aromatic carbocycles. The predicted molar refractivity (Wildman–Crippen MR) is 90.0 cm³/mol. The fourth-order valence-electron chi connectivity index (χ4n) is 2.63. The van der Waals surface area contributed by atoms with Crippen LogP contribution in [0.4, 0.5) is 10.5 Å². The van der Waals surface area contributed by atoms with Gasteiger partial charge >= 0.3 is 6.03 Å². The van der Waals surface area contributed by atoms with E-state index in [-0.39, 0.29) is 11.8 Å². The SMILES string of the molecule is COCCCN1CCN(C(=O)Nc2cccc(C(C)=O)c2)CC1. The Morgan fingerprint density at radius 3 is 2.61 bits per heavy atom. The number of hydrogen-bond acceptors (Lipinski definition) is 4. The Kier molecular flexibility index (Phi) is 6.55. The van der Waals surface area contributed by atoms with Crippen LogP contribution in [-0.2, 0) is 4.74 Å². The van der Waals surface area contributed by atoms with Gasteiger partial charge in [-0.1, -0.05) is 12.1 Å². The first-order valence-corrected chi connectivity index (χ1v) is 7.98. The first kappa shape index (κ1) is 17.4. The summed E-state index contributed by atoms with van der Waals surface area (Å²) < 4.78 is 5.06. The van der Waals surface area contributed by atoms with E-state index in [1.165, 1.54) is 6.92 Å². The average molecular weight is 319 g/mol. The molecule has 1 saturated heterocycles. The number of amides is 2. The summed E-state index contributed by atoms with van der Waals surface area (Å²) in [5.41, 5.74) is 1.26. The highest BCUT2D eigenvalue weighted by atomic mass is 16.5. The van der Waals surface area contributed by atoms with Crippen LogP contribution in [0.3, 0.4) is 0 Å². The number of ether oxygens (including phenoxy) is 1. The van der Waals surface area contributed by atoms with Gasteiger partial charge in [-0.2, -0.15) is 0 Å². The van der Waals surface area contributed by atoms with Crippen LogP contribution in [0, 0.1) is 0 Å². The van der Waals surface area contributed by atoms with Gasteiger partial charge in [-0.05, 0) is 25.5 Å². The largest absolute Gasteiger partial charge is 0.385 e. The molecule has 0 aliphatic carbocycles. The highest BCUT2D eigenvalue weighted by Crippen LogP contribution is 2.13. The van der Waals surface area contributed by atoms with E-state index < -0.39 is 0 Å². The number of ketones is 1. The first-order valence-electron chi connectivity index (χ1n) is 7.98. The quantitative estimate of drug-likeness (QED) is 0.644. The molecular weight excluding hydrogens is 294 g/mol. The van der Waals surface area contributed by atoms with Gasteiger partial charge in [0.25, 0.3) is 0 Å². The van der Waals surface area contributed by atoms with Crippen LogP contribution >= 0.6 is 0 Å². The third-order valence-corrected chi connectivity index (χ3v) is 4.00. The number of hydrogen-bond donors (Lipinski definition) is 1. The third-order valence-electron chi connectivity index (χ3n) is 4.00. The number of Topliss-reactive ketones (excluding diaryl/α,β-unsaturated/α-hetero) is 1. The van der Waals surface area contributed by atoms with Crippen molar-refractivity contribution < 1.29 is 14.3 Å². The highest BCUT2D eigenvalue weighted by Gasteiger charge is 2.20. The van der Waals surface area contributed by atoms with Gasteiger partial charge in [-0.3, -0.25) is 9.69 Å². The number of piperazine rings is 1. The van der Waals surface area contributed by atoms with E-state index in [0.29, 0.717) is 24.3 Å². The lowest BCUT2D eigenvalue weighted by Gasteiger charge is -2.34. The maximum absolute atomic E-state index is 12.3. The predicted octanol–water partition coefficient (Wildman–Crippen LogP) is 2.08. The summed E-state index contributed by atoms with van der Waals surface area (Å²) in [4.78, 5) is 27.9. The Morgan fingerprint density at radius 1 is 1.22 bits per heavy atom. The molecule has 1 fully saturated rings. The maximum atomic E-state index is 12.3. The van der Waals surface area contributed by atoms with Crippen molar-refractivity contribution in [2.45, 2.75) is 13.3 Å². The average Bonchev–Trinajstić information content (AvgIpc) is 2.56. The molecule has 0 radical (unpaired) electrons. The van der Waals surface area contributed by atoms with Gasteiger partial charge in [0.1, 0.15) is 0 Å². The van der Waals surface area contributed by atoms with E-state index in [4.69, 9.17) is 4.74 Å². The second-order valence-corrected chi connectivity index (χ2v) is 5.74. The normalized spacial score (nSPS) is 15.5. The molecular formula is C17H25N3O3. The minimum absolute atomic E-state index is 0.00854. The van der Waals surface area contributed by atoms with E-state index in [2.05, 4.69) is 10.2 Å². The summed E-state index contributed by atoms with van der Waals surface area (Å²) in [7, 11) is 1.71. The van der Waals surface area contributed by atoms with Crippen molar-refractivity contribution in [1.82, 2.24) is 9.80 Å². The standard InChI is InChI=1S/C17H25N3O3/c1-14(21)15-5-3-6-16(13-15)18-17(22)20-10-8-19(9-11-20)7-4-12-23-2/h3,5-6,13H,4,7-12H2,1-2H3,(H,18,22). The van der Waals surface area contributed by atoms with Crippen molar-refractivity contribution >= 4 is 17.5 Å². The molecule has 2 amide bonds. The van der Waals surface area contributed by atoms with Crippen LogP contribution in [0.1, 0.15) is 23.7 Å². The van der Waals surface area contributed by atoms with E-state index in [0.717, 1.165) is 32.7 Å². The van der Waals surface area contributed by atoms with E-state index in [9.17, 15) is 9.59 Å². The van der Waals surface area contributed by atoms with Crippen molar-refractivity contribution in [2.75, 3.05) is 51.8 Å². The molecule has 0 atom stereocenters. The second-order valence-electron chi connectivity index (χ2n) is 5.74. The second kappa shape index (κ2) is 8.64. The van der Waals surface area contributed by atoms with E-state index >= 15 is 0 Å². The van der Waals surface area contributed by atoms with E-state index in [1.54, 1.807) is 31.4 Å². The lowest BCUT2D eigenvalue weighted by molar-refractivity contribution is 0.101. The Morgan fingerprint density at radius 2 is 1.96 bits per heavy atom. The van der Waals surface area contributed by atoms with Crippen molar-refractivity contribution in [2.24, 2.45) is 0 Å². The Hall–Kier alpha value is -1.92. The Balaban J connectivity index is 1.81. The van der Waals surface area contributed by atoms with Crippen LogP contribution in [0.25, 0.3) is 0 Å². The summed E-state index contributed by atoms with van der Waals surface area (Å²) in [6.07, 6.45) is 1.01. The van der Waals surface area contributed by atoms with Crippen LogP contribution in [0.15, 0.2) is 24.3 Å². The zero-order valence-corrected chi connectivity index (χ0v) is 13.9. The summed E-state index contributed by atoms with van der Waals surface area (Å²) in [6.45, 7) is 6.48. The van der Waals surface area contributed by atoms with Gasteiger partial charge in [-0.25, -0.2) is 4.79 Å². The number of nitrogens with zero attached hydrogens (tertiary/aromatic N) is 2. The van der Waals surface area contributed by atoms with Crippen molar-refractivity contribution in [3.05, 3.63) is 29.8 Å². The summed E-state index contributed by atoms with van der Waals surface area (Å²) in [6, 6.07) is 6.92. The molecule has 0 bridgehead atoms. The van der Waals surface area contributed by atoms with Crippen molar-refractivity contribution in [3.8, 4) is 0 Å². The molecule has 1 aromatic rings. The van der Waals surface area contributed by atoms with Crippen molar-refractivity contribution in [3.63, 3.8) is 0 Å². The molecule has 126 valence electrons. The topological polar surface area (TPSA) is 61.9 Å². The lowest BCUT2D eigenvalue weighted by Crippen LogP contribution is -2.50. The fourth-order valence-corrected chi connectivity index (χ4v) is 2.63. The number of urea groups is 1. The molecule has 0 saturated carbocycles. The molecule has 23 heavy (non-hydrogen) atoms. The molecule has 6 nitrogen and oxygen atoms in total. The minimum atomic E-state index is -0.109. The Labute approximate surface area is 137 Å². The smallest absolute Gasteiger partial charge is 0.321 e. The minimum Gasteiger partial charge on any atom is -0.385 e. The number of carbonyl (C=O) groups excluding carboxylic acids is 2. The molecule has 1 aliphatic rings. The van der Waals surface area contributed by atoms with Crippen LogP contribution in [0.5, 0.6) is 0 Å². The van der Waals surface area contributed by atoms with Crippen LogP contribution in [-0.4, -0.2) is 68.1 Å². The number of nitrogens with one attached hydrogen (secondary N) is 1. The molecule has 1 heterocycles. The monoisotopic (exact) mass is 319 g/mol. The third kappa shape index (κ3) is 5.33. The van der Waals surface area contributed by atoms with E-state index in [1.807, 2.05) is 4.90 Å². The van der Waals surface area contributed by atoms with Gasteiger partial charge in [-0.15, -0.1) is 0 Å². The first-order chi connectivity index (χ1) is 11.1. The molecule has 0 spiro atoms. The number of carbonyl (C=O) groups is 2. The van der Waals surface area contributed by atoms with Gasteiger partial charge in [0.2, 0.25) is 0 Å². The number of rotatable bonds is 6. The molecule has 0 unspecified atom stereocenters. The number of anilines is 1. The van der Waals surface area contributed by atoms with Gasteiger partial charge in [0.05, 0.1) is 0 Å². The zero-order valence-electron chi connectivity index (χ0n) is 13.9. The summed E-state index contributed by atoms with van der Waals surface area (Å²) in [5, 5.41) is 2.87. The lowest BCUT2D eigenvalue weighted by atomic mass is 10.1. The molecule has 1 N–H and O–H groups in total. The van der Waals surface area contributed by atoms with Gasteiger partial charge in [0, 0.05) is 57.7 Å². The molecule has 0 aromatic heterocycles. The highest BCUT2D eigenvalue weighted by molar-refractivity contribution is 5.96. The van der Waals surface area contributed by atoms with Crippen LogP contribution in [0.2, 0.25) is 0 Å². The summed E-state index contributed by atoms with van der Waals surface area (Å²) in [5.74, 6) is -0.00854. The fraction of sp³-hybridized carbons (Fsp3) is 0.529. The summed E-state index contributed by atoms with van der Waals surface area (Å²) >= 11 is 0. The number of benzene rings is 1. The number of methoxy groups -OCH3 is 1. The van der Waals surface area contributed by atoms with Crippen LogP contribution < -0.4 is 5.32 Å². The zero-order chi connectivity index (χ0) is 16.7. The molecule has 1 aliphatic heterocycles. The Bertz CT molecular complexity index is 540. The molecule has 6 heteroatoms. The van der Waals surface area contributed by atoms with Crippen molar-refractivity contribution in [1.29, 1.82) is 0 Å².